The molecular weight excluding hydrogens is 224 g/mol. The van der Waals surface area contributed by atoms with E-state index < -0.39 is 5.97 Å². The number of rotatable bonds is 3. The minimum Gasteiger partial charge on any atom is -0.508 e. The van der Waals surface area contributed by atoms with Gasteiger partial charge in [-0.05, 0) is 18.2 Å². The van der Waals surface area contributed by atoms with Crippen molar-refractivity contribution in [1.82, 2.24) is 10.2 Å². The van der Waals surface area contributed by atoms with Crippen LogP contribution >= 0.6 is 0 Å². The summed E-state index contributed by atoms with van der Waals surface area (Å²) < 4.78 is 5.19. The maximum Gasteiger partial charge on any atom is 0.328 e. The molecule has 0 atom stereocenters. The lowest BCUT2D eigenvalue weighted by Crippen LogP contribution is -1.85. The van der Waals surface area contributed by atoms with E-state index in [-0.39, 0.29) is 17.5 Å². The third-order valence-electron chi connectivity index (χ3n) is 1.90. The zero-order valence-corrected chi connectivity index (χ0v) is 8.57. The third-order valence-corrected chi connectivity index (χ3v) is 1.90. The largest absolute Gasteiger partial charge is 0.508 e. The Bertz CT molecular complexity index is 574. The number of nitrogens with zero attached hydrogens (tertiary/aromatic N) is 2. The summed E-state index contributed by atoms with van der Waals surface area (Å²) in [4.78, 5) is 10.3. The van der Waals surface area contributed by atoms with Crippen molar-refractivity contribution in [2.75, 3.05) is 0 Å². The zero-order valence-electron chi connectivity index (χ0n) is 8.57. The van der Waals surface area contributed by atoms with Gasteiger partial charge in [0.2, 0.25) is 11.8 Å². The van der Waals surface area contributed by atoms with Gasteiger partial charge in [-0.25, -0.2) is 4.79 Å². The summed E-state index contributed by atoms with van der Waals surface area (Å²) >= 11 is 0. The van der Waals surface area contributed by atoms with Crippen LogP contribution in [0.4, 0.5) is 0 Å². The van der Waals surface area contributed by atoms with E-state index in [1.54, 1.807) is 12.1 Å². The van der Waals surface area contributed by atoms with Gasteiger partial charge in [0.05, 0.1) is 0 Å². The Labute approximate surface area is 95.8 Å². The van der Waals surface area contributed by atoms with Crippen molar-refractivity contribution in [1.29, 1.82) is 0 Å². The van der Waals surface area contributed by atoms with Crippen molar-refractivity contribution in [3.05, 3.63) is 36.2 Å². The van der Waals surface area contributed by atoms with Crippen LogP contribution in [0.5, 0.6) is 5.75 Å². The molecule has 1 aromatic heterocycles. The second-order valence-electron chi connectivity index (χ2n) is 3.17. The number of hydrogen-bond donors (Lipinski definition) is 2. The molecule has 2 N–H and O–H groups in total. The van der Waals surface area contributed by atoms with Crippen LogP contribution < -0.4 is 0 Å². The van der Waals surface area contributed by atoms with Crippen molar-refractivity contribution in [3.8, 4) is 17.2 Å². The predicted octanol–water partition coefficient (Wildman–Crippen LogP) is 1.54. The number of carbonyl (C=O) groups is 1. The quantitative estimate of drug-likeness (QED) is 0.779. The number of hydrogen-bond acceptors (Lipinski definition) is 5. The molecule has 0 unspecified atom stereocenters. The Morgan fingerprint density at radius 3 is 2.88 bits per heavy atom. The van der Waals surface area contributed by atoms with E-state index in [2.05, 4.69) is 10.2 Å². The summed E-state index contributed by atoms with van der Waals surface area (Å²) in [5.74, 6) is -0.706. The van der Waals surface area contributed by atoms with Gasteiger partial charge < -0.3 is 14.6 Å². The molecule has 2 aromatic rings. The van der Waals surface area contributed by atoms with E-state index in [1.807, 2.05) is 0 Å². The van der Waals surface area contributed by atoms with Crippen LogP contribution in [0.1, 0.15) is 5.89 Å². The van der Waals surface area contributed by atoms with E-state index >= 15 is 0 Å². The van der Waals surface area contributed by atoms with E-state index in [9.17, 15) is 9.90 Å². The van der Waals surface area contributed by atoms with Crippen LogP contribution in [0.2, 0.25) is 0 Å². The van der Waals surface area contributed by atoms with Crippen molar-refractivity contribution >= 4 is 12.0 Å². The number of phenolic OH excluding ortho intramolecular Hbond substituents is 1. The fraction of sp³-hybridized carbons (Fsp3) is 0. The smallest absolute Gasteiger partial charge is 0.328 e. The number of aromatic nitrogens is 2. The summed E-state index contributed by atoms with van der Waals surface area (Å²) in [5, 5.41) is 25.1. The van der Waals surface area contributed by atoms with Crippen molar-refractivity contribution in [2.45, 2.75) is 0 Å². The number of phenols is 1. The summed E-state index contributed by atoms with van der Waals surface area (Å²) in [6.45, 7) is 0. The van der Waals surface area contributed by atoms with Crippen LogP contribution in [0.15, 0.2) is 34.8 Å². The first-order valence-electron chi connectivity index (χ1n) is 4.69. The maximum absolute atomic E-state index is 10.3. The molecule has 0 fully saturated rings. The Hall–Kier alpha value is -2.63. The average Bonchev–Trinajstić information content (AvgIpc) is 2.75. The van der Waals surface area contributed by atoms with Crippen LogP contribution in [0, 0.1) is 0 Å². The minimum atomic E-state index is -1.10. The van der Waals surface area contributed by atoms with E-state index in [0.29, 0.717) is 5.56 Å². The van der Waals surface area contributed by atoms with Gasteiger partial charge in [-0.1, -0.05) is 6.07 Å². The van der Waals surface area contributed by atoms with Crippen molar-refractivity contribution in [2.24, 2.45) is 0 Å². The number of benzene rings is 1. The number of aromatic hydroxyl groups is 1. The average molecular weight is 232 g/mol. The van der Waals surface area contributed by atoms with Gasteiger partial charge >= 0.3 is 5.97 Å². The highest BCUT2D eigenvalue weighted by molar-refractivity contribution is 5.84. The molecule has 0 aliphatic carbocycles. The molecule has 1 aromatic carbocycles. The zero-order chi connectivity index (χ0) is 12.3. The summed E-state index contributed by atoms with van der Waals surface area (Å²) in [6.07, 6.45) is 2.10. The first-order valence-corrected chi connectivity index (χ1v) is 4.69. The fourth-order valence-corrected chi connectivity index (χ4v) is 1.20. The normalized spacial score (nSPS) is 10.8. The number of aliphatic carboxylic acids is 1. The molecule has 0 saturated carbocycles. The van der Waals surface area contributed by atoms with Gasteiger partial charge in [-0.3, -0.25) is 0 Å². The van der Waals surface area contributed by atoms with Crippen molar-refractivity contribution in [3.63, 3.8) is 0 Å². The Balaban J connectivity index is 2.27. The first-order chi connectivity index (χ1) is 8.15. The molecule has 0 bridgehead atoms. The summed E-state index contributed by atoms with van der Waals surface area (Å²) in [6, 6.07) is 6.32. The monoisotopic (exact) mass is 232 g/mol. The SMILES string of the molecule is O=C(O)/C=C/c1nnc(-c2cccc(O)c2)o1. The van der Waals surface area contributed by atoms with Gasteiger partial charge in [0.1, 0.15) is 5.75 Å². The summed E-state index contributed by atoms with van der Waals surface area (Å²) in [5.41, 5.74) is 0.562. The van der Waals surface area contributed by atoms with Gasteiger partial charge in [0, 0.05) is 17.7 Å². The Morgan fingerprint density at radius 1 is 1.35 bits per heavy atom. The standard InChI is InChI=1S/C11H8N2O4/c14-8-3-1-2-7(6-8)11-13-12-9(17-11)4-5-10(15)16/h1-6,14H,(H,15,16)/b5-4+. The van der Waals surface area contributed by atoms with Gasteiger partial charge in [0.15, 0.2) is 0 Å². The molecule has 0 spiro atoms. The highest BCUT2D eigenvalue weighted by atomic mass is 16.4. The molecule has 0 amide bonds. The summed E-state index contributed by atoms with van der Waals surface area (Å²) in [7, 11) is 0. The Morgan fingerprint density at radius 2 is 2.18 bits per heavy atom. The second-order valence-corrected chi connectivity index (χ2v) is 3.17. The minimum absolute atomic E-state index is 0.0864. The molecule has 2 rings (SSSR count). The fourth-order valence-electron chi connectivity index (χ4n) is 1.20. The van der Waals surface area contributed by atoms with Crippen LogP contribution in [0.25, 0.3) is 17.5 Å². The van der Waals surface area contributed by atoms with E-state index in [1.165, 1.54) is 18.2 Å². The van der Waals surface area contributed by atoms with E-state index in [0.717, 1.165) is 6.08 Å². The maximum atomic E-state index is 10.3. The highest BCUT2D eigenvalue weighted by Gasteiger charge is 2.07. The lowest BCUT2D eigenvalue weighted by atomic mass is 10.2. The van der Waals surface area contributed by atoms with Crippen LogP contribution in [-0.4, -0.2) is 26.4 Å². The first kappa shape index (κ1) is 10.9. The second kappa shape index (κ2) is 4.48. The van der Waals surface area contributed by atoms with Gasteiger partial charge in [-0.2, -0.15) is 0 Å². The highest BCUT2D eigenvalue weighted by Crippen LogP contribution is 2.21. The molecule has 17 heavy (non-hydrogen) atoms. The van der Waals surface area contributed by atoms with Crippen LogP contribution in [-0.2, 0) is 4.79 Å². The topological polar surface area (TPSA) is 96.5 Å². The molecule has 6 heteroatoms. The van der Waals surface area contributed by atoms with Gasteiger partial charge in [0.25, 0.3) is 0 Å². The molecule has 0 aliphatic rings. The lowest BCUT2D eigenvalue weighted by molar-refractivity contribution is -0.131. The number of carboxylic acid groups (broad SMARTS) is 1. The van der Waals surface area contributed by atoms with E-state index in [4.69, 9.17) is 9.52 Å². The number of carboxylic acids is 1. The van der Waals surface area contributed by atoms with Gasteiger partial charge in [-0.15, -0.1) is 10.2 Å². The Kier molecular flexibility index (Phi) is 2.87. The lowest BCUT2D eigenvalue weighted by Gasteiger charge is -1.94. The molecule has 0 radical (unpaired) electrons. The molecule has 86 valence electrons. The van der Waals surface area contributed by atoms with Crippen LogP contribution in [0.3, 0.4) is 0 Å². The van der Waals surface area contributed by atoms with Crippen molar-refractivity contribution < 1.29 is 19.4 Å². The molecular formula is C11H8N2O4. The molecule has 6 nitrogen and oxygen atoms in total. The third kappa shape index (κ3) is 2.69. The predicted molar refractivity (Wildman–Crippen MR) is 58.1 cm³/mol. The molecule has 0 saturated heterocycles. The molecule has 0 aliphatic heterocycles. The molecule has 1 heterocycles.